The Labute approximate surface area is 260 Å². The Kier molecular flexibility index (Phi) is 14.6. The zero-order chi connectivity index (χ0) is 32.1. The molecule has 0 atom stereocenters. The summed E-state index contributed by atoms with van der Waals surface area (Å²) in [5.41, 5.74) is 10.3. The first kappa shape index (κ1) is 36.5. The van der Waals surface area contributed by atoms with E-state index in [-0.39, 0.29) is 10.8 Å². The van der Waals surface area contributed by atoms with Gasteiger partial charge in [0.2, 0.25) is 0 Å². The molecule has 3 aromatic rings. The Morgan fingerprint density at radius 2 is 1.36 bits per heavy atom. The number of allylic oxidation sites excluding steroid dienone is 7. The van der Waals surface area contributed by atoms with E-state index in [2.05, 4.69) is 138 Å². The van der Waals surface area contributed by atoms with Gasteiger partial charge in [-0.1, -0.05) is 166 Å². The molecule has 1 nitrogen and oxygen atoms in total. The molecule has 0 aliphatic carbocycles. The summed E-state index contributed by atoms with van der Waals surface area (Å²) >= 11 is 0. The van der Waals surface area contributed by atoms with Crippen molar-refractivity contribution in [1.82, 2.24) is 0 Å². The fraction of sp³-hybridized carbons (Fsp3) is 0.350. The lowest BCUT2D eigenvalue weighted by molar-refractivity contribution is 0.637. The lowest BCUT2D eigenvalue weighted by atomic mass is 9.76. The molecule has 2 radical (unpaired) electrons. The van der Waals surface area contributed by atoms with Gasteiger partial charge in [-0.15, -0.1) is 0 Å². The van der Waals surface area contributed by atoms with Crippen molar-refractivity contribution in [3.8, 4) is 0 Å². The standard InChI is InChI=1S/C34H36BN.3C2H6/c1-24-12-8-9-13-29(24)33(3,4)25(2)16-17-26(27-18-21-28(35)22-19-27)20-23-32-34(5,6)30-14-10-11-15-31(30)36(32)7;3*1-2/h8-23H,2H2,1,3-7H3;3*1-2H3/b17-16+,26-20-,32-23-;;;. The summed E-state index contributed by atoms with van der Waals surface area (Å²) in [4.78, 5) is 2.30. The number of nitrogens with zero attached hydrogens (tertiary/aromatic N) is 1. The number of hydrogen-bond donors (Lipinski definition) is 0. The lowest BCUT2D eigenvalue weighted by Crippen LogP contribution is -2.22. The second-order valence-corrected chi connectivity index (χ2v) is 10.8. The first-order valence-corrected chi connectivity index (χ1v) is 15.6. The van der Waals surface area contributed by atoms with Crippen molar-refractivity contribution < 1.29 is 0 Å². The van der Waals surface area contributed by atoms with E-state index in [9.17, 15) is 0 Å². The molecule has 0 bridgehead atoms. The fourth-order valence-corrected chi connectivity index (χ4v) is 5.24. The topological polar surface area (TPSA) is 3.24 Å². The van der Waals surface area contributed by atoms with Crippen LogP contribution in [0.5, 0.6) is 0 Å². The summed E-state index contributed by atoms with van der Waals surface area (Å²) in [6.45, 7) is 27.7. The summed E-state index contributed by atoms with van der Waals surface area (Å²) in [5, 5.41) is 0. The molecule has 42 heavy (non-hydrogen) atoms. The minimum absolute atomic E-state index is 0.0752. The predicted molar refractivity (Wildman–Crippen MR) is 192 cm³/mol. The Balaban J connectivity index is 0.00000138. The maximum atomic E-state index is 5.99. The van der Waals surface area contributed by atoms with Crippen LogP contribution in [-0.2, 0) is 10.8 Å². The second kappa shape index (κ2) is 16.8. The number of benzene rings is 3. The van der Waals surface area contributed by atoms with Gasteiger partial charge in [-0.25, -0.2) is 0 Å². The van der Waals surface area contributed by atoms with Crippen LogP contribution in [0.2, 0.25) is 0 Å². The minimum atomic E-state index is -0.179. The Bertz CT molecular complexity index is 1370. The monoisotopic (exact) mass is 559 g/mol. The first-order valence-electron chi connectivity index (χ1n) is 15.6. The van der Waals surface area contributed by atoms with Gasteiger partial charge in [0.05, 0.1) is 0 Å². The molecule has 4 rings (SSSR count). The molecule has 0 aromatic heterocycles. The van der Waals surface area contributed by atoms with Crippen LogP contribution in [0.4, 0.5) is 5.69 Å². The molecule has 0 N–H and O–H groups in total. The molecule has 0 unspecified atom stereocenters. The highest BCUT2D eigenvalue weighted by Gasteiger charge is 2.37. The van der Waals surface area contributed by atoms with E-state index < -0.39 is 0 Å². The highest BCUT2D eigenvalue weighted by Crippen LogP contribution is 2.46. The van der Waals surface area contributed by atoms with Crippen molar-refractivity contribution >= 4 is 24.6 Å². The molecular weight excluding hydrogens is 505 g/mol. The Morgan fingerprint density at radius 1 is 0.810 bits per heavy atom. The SMILES string of the molecule is CC.CC.CC.[B]c1ccc(C(=C\C=C2/N(C)c3ccccc3C2(C)C)/C=C/C(=C)C(C)(C)c2ccccc2C)cc1. The van der Waals surface area contributed by atoms with Gasteiger partial charge in [0, 0.05) is 29.3 Å². The van der Waals surface area contributed by atoms with Crippen LogP contribution >= 0.6 is 0 Å². The van der Waals surface area contributed by atoms with E-state index in [4.69, 9.17) is 7.85 Å². The third kappa shape index (κ3) is 8.28. The zero-order valence-corrected chi connectivity index (χ0v) is 28.5. The van der Waals surface area contributed by atoms with Gasteiger partial charge in [0.1, 0.15) is 7.85 Å². The molecule has 0 saturated heterocycles. The third-order valence-electron chi connectivity index (χ3n) is 7.69. The van der Waals surface area contributed by atoms with Crippen LogP contribution in [-0.4, -0.2) is 14.9 Å². The van der Waals surface area contributed by atoms with Crippen molar-refractivity contribution in [3.63, 3.8) is 0 Å². The lowest BCUT2D eigenvalue weighted by Gasteiger charge is -2.28. The molecule has 1 heterocycles. The van der Waals surface area contributed by atoms with E-state index in [1.54, 1.807) is 0 Å². The van der Waals surface area contributed by atoms with Gasteiger partial charge in [0.15, 0.2) is 0 Å². The second-order valence-electron chi connectivity index (χ2n) is 10.8. The minimum Gasteiger partial charge on any atom is -0.347 e. The summed E-state index contributed by atoms with van der Waals surface area (Å²) in [6.07, 6.45) is 8.81. The average Bonchev–Trinajstić information content (AvgIpc) is 3.21. The van der Waals surface area contributed by atoms with Gasteiger partial charge in [-0.05, 0) is 52.5 Å². The average molecular weight is 560 g/mol. The van der Waals surface area contributed by atoms with Crippen molar-refractivity contribution in [2.24, 2.45) is 0 Å². The normalized spacial score (nSPS) is 14.6. The van der Waals surface area contributed by atoms with E-state index in [1.807, 2.05) is 53.7 Å². The van der Waals surface area contributed by atoms with Crippen molar-refractivity contribution in [2.45, 2.75) is 87.0 Å². The molecule has 222 valence electrons. The summed E-state index contributed by atoms with van der Waals surface area (Å²) < 4.78 is 0. The molecular formula is C40H54BN. The van der Waals surface area contributed by atoms with E-state index >= 15 is 0 Å². The summed E-state index contributed by atoms with van der Waals surface area (Å²) in [7, 11) is 8.14. The maximum absolute atomic E-state index is 5.99. The molecule has 2 heteroatoms. The maximum Gasteiger partial charge on any atom is 0.113 e. The molecule has 0 amide bonds. The number of fused-ring (bicyclic) bond motifs is 1. The number of aryl methyl sites for hydroxylation is 1. The number of hydrogen-bond acceptors (Lipinski definition) is 1. The number of rotatable bonds is 6. The van der Waals surface area contributed by atoms with Crippen molar-refractivity contribution in [2.75, 3.05) is 11.9 Å². The number of likely N-dealkylation sites (N-methyl/N-ethyl adjacent to an activating group) is 1. The molecule has 3 aromatic carbocycles. The quantitative estimate of drug-likeness (QED) is 0.214. The van der Waals surface area contributed by atoms with Crippen molar-refractivity contribution in [3.05, 3.63) is 137 Å². The van der Waals surface area contributed by atoms with Gasteiger partial charge >= 0.3 is 0 Å². The largest absolute Gasteiger partial charge is 0.347 e. The van der Waals surface area contributed by atoms with Gasteiger partial charge in [-0.2, -0.15) is 0 Å². The van der Waals surface area contributed by atoms with Crippen LogP contribution in [0.25, 0.3) is 5.57 Å². The van der Waals surface area contributed by atoms with Crippen LogP contribution in [0.3, 0.4) is 0 Å². The molecule has 1 aliphatic rings. The zero-order valence-electron chi connectivity index (χ0n) is 28.5. The van der Waals surface area contributed by atoms with E-state index in [0.29, 0.717) is 0 Å². The van der Waals surface area contributed by atoms with E-state index in [0.717, 1.165) is 22.2 Å². The van der Waals surface area contributed by atoms with Crippen LogP contribution < -0.4 is 10.4 Å². The van der Waals surface area contributed by atoms with Crippen LogP contribution in [0, 0.1) is 6.92 Å². The summed E-state index contributed by atoms with van der Waals surface area (Å²) in [5.74, 6) is 0. The fourth-order valence-electron chi connectivity index (χ4n) is 5.24. The van der Waals surface area contributed by atoms with Crippen LogP contribution in [0.15, 0.2) is 115 Å². The predicted octanol–water partition coefficient (Wildman–Crippen LogP) is 10.7. The summed E-state index contributed by atoms with van der Waals surface area (Å²) in [6, 6.07) is 25.3. The molecule has 0 fully saturated rings. The molecule has 0 saturated carbocycles. The van der Waals surface area contributed by atoms with Gasteiger partial charge < -0.3 is 4.90 Å². The Morgan fingerprint density at radius 3 is 1.93 bits per heavy atom. The first-order chi connectivity index (χ1) is 20.0. The number of anilines is 1. The smallest absolute Gasteiger partial charge is 0.113 e. The highest BCUT2D eigenvalue weighted by atomic mass is 15.2. The Hall–Kier alpha value is -3.52. The molecule has 1 aliphatic heterocycles. The van der Waals surface area contributed by atoms with Gasteiger partial charge in [0.25, 0.3) is 0 Å². The van der Waals surface area contributed by atoms with Gasteiger partial charge in [-0.3, -0.25) is 0 Å². The third-order valence-corrected chi connectivity index (χ3v) is 7.69. The molecule has 0 spiro atoms. The highest BCUT2D eigenvalue weighted by molar-refractivity contribution is 6.32. The van der Waals surface area contributed by atoms with E-state index in [1.165, 1.54) is 28.1 Å². The number of para-hydroxylation sites is 1. The van der Waals surface area contributed by atoms with Crippen molar-refractivity contribution in [1.29, 1.82) is 0 Å². The van der Waals surface area contributed by atoms with Crippen LogP contribution in [0.1, 0.15) is 91.5 Å².